The Morgan fingerprint density at radius 2 is 1.38 bits per heavy atom. The fraction of sp³-hybridized carbons (Fsp3) is 0.400. The van der Waals surface area contributed by atoms with Crippen molar-refractivity contribution in [3.8, 4) is 10.4 Å². The Balaban J connectivity index is 1.41. The van der Waals surface area contributed by atoms with Gasteiger partial charge in [0.2, 0.25) is 12.4 Å². The second-order valence-corrected chi connectivity index (χ2v) is 12.9. The molecule has 5 atom stereocenters. The molecular formula is C35H37NO10S. The van der Waals surface area contributed by atoms with E-state index in [9.17, 15) is 24.0 Å². The molecule has 11 nitrogen and oxygen atoms in total. The minimum atomic E-state index is -1.45. The summed E-state index contributed by atoms with van der Waals surface area (Å²) in [4.78, 5) is 63.0. The molecule has 1 amide bonds. The second-order valence-electron chi connectivity index (χ2n) is 11.7. The van der Waals surface area contributed by atoms with E-state index in [1.165, 1.54) is 20.8 Å². The molecule has 0 radical (unpaired) electrons. The largest absolute Gasteiger partial charge is 0.455 e. The van der Waals surface area contributed by atoms with E-state index in [1.54, 1.807) is 17.4 Å². The van der Waals surface area contributed by atoms with E-state index in [2.05, 4.69) is 11.4 Å². The van der Waals surface area contributed by atoms with E-state index < -0.39 is 54.6 Å². The van der Waals surface area contributed by atoms with Crippen LogP contribution in [-0.2, 0) is 49.3 Å². The van der Waals surface area contributed by atoms with Crippen molar-refractivity contribution in [1.82, 2.24) is 5.32 Å². The Hall–Kier alpha value is -4.55. The zero-order chi connectivity index (χ0) is 33.8. The molecule has 12 heteroatoms. The van der Waals surface area contributed by atoms with Crippen molar-refractivity contribution in [2.24, 2.45) is 0 Å². The first-order chi connectivity index (χ1) is 22.4. The summed E-state index contributed by atoms with van der Waals surface area (Å²) < 4.78 is 28.1. The molecule has 2 heterocycles. The van der Waals surface area contributed by atoms with Gasteiger partial charge in [-0.15, -0.1) is 11.3 Å². The minimum Gasteiger partial charge on any atom is -0.455 e. The number of esters is 4. The van der Waals surface area contributed by atoms with Gasteiger partial charge in [0.15, 0.2) is 12.2 Å². The molecule has 1 aromatic heterocycles. The topological polar surface area (TPSA) is 144 Å². The Labute approximate surface area is 276 Å². The maximum Gasteiger partial charge on any atom is 0.305 e. The van der Waals surface area contributed by atoms with Crippen molar-refractivity contribution in [1.29, 1.82) is 0 Å². The Bertz CT molecular complexity index is 1660. The number of hydrogen-bond donors (Lipinski definition) is 1. The van der Waals surface area contributed by atoms with Gasteiger partial charge in [-0.1, -0.05) is 30.3 Å². The highest BCUT2D eigenvalue weighted by molar-refractivity contribution is 7.15. The summed E-state index contributed by atoms with van der Waals surface area (Å²) in [6, 6.07) is 17.6. The standard InChI is InChI=1S/C35H37NO10S/c1-18-6-7-25(30-31(42-19(2)37)32(43-20(3)38)33(44-21(4)39)35(46-30)45-22(5)40)16-26(18)17-28-14-15-29(47-28)23-8-10-24(11-9-23)34(41)36-27-12-13-27/h6-11,14-16,27,30-33,35H,12-13,17H2,1-5H3,(H,36,41). The van der Waals surface area contributed by atoms with Crippen LogP contribution in [0.15, 0.2) is 54.6 Å². The summed E-state index contributed by atoms with van der Waals surface area (Å²) in [7, 11) is 0. The first-order valence-electron chi connectivity index (χ1n) is 15.3. The lowest BCUT2D eigenvalue weighted by Gasteiger charge is -2.44. The molecule has 2 fully saturated rings. The van der Waals surface area contributed by atoms with E-state index >= 15 is 0 Å². The van der Waals surface area contributed by atoms with Gasteiger partial charge >= 0.3 is 23.9 Å². The average Bonchev–Trinajstić information content (AvgIpc) is 3.69. The Morgan fingerprint density at radius 1 is 0.766 bits per heavy atom. The second kappa shape index (κ2) is 14.5. The van der Waals surface area contributed by atoms with E-state index in [0.717, 1.165) is 46.2 Å². The van der Waals surface area contributed by atoms with Gasteiger partial charge < -0.3 is 29.0 Å². The zero-order valence-electron chi connectivity index (χ0n) is 26.8. The summed E-state index contributed by atoms with van der Waals surface area (Å²) in [5.41, 5.74) is 4.17. The number of nitrogens with one attached hydrogen (secondary N) is 1. The maximum absolute atomic E-state index is 12.4. The van der Waals surface area contributed by atoms with E-state index in [0.29, 0.717) is 23.6 Å². The molecule has 1 aliphatic carbocycles. The third kappa shape index (κ3) is 8.63. The van der Waals surface area contributed by atoms with Crippen LogP contribution in [0.25, 0.3) is 10.4 Å². The van der Waals surface area contributed by atoms with Gasteiger partial charge in [-0.3, -0.25) is 24.0 Å². The van der Waals surface area contributed by atoms with Crippen molar-refractivity contribution < 1.29 is 47.7 Å². The highest BCUT2D eigenvalue weighted by Crippen LogP contribution is 2.39. The molecule has 0 bridgehead atoms. The van der Waals surface area contributed by atoms with Crippen LogP contribution in [0.2, 0.25) is 0 Å². The average molecular weight is 664 g/mol. The van der Waals surface area contributed by atoms with Gasteiger partial charge in [0.1, 0.15) is 6.10 Å². The number of rotatable bonds is 10. The van der Waals surface area contributed by atoms with Crippen molar-refractivity contribution in [3.05, 3.63) is 81.7 Å². The number of carbonyl (C=O) groups excluding carboxylic acids is 5. The van der Waals surface area contributed by atoms with Crippen LogP contribution < -0.4 is 5.32 Å². The lowest BCUT2D eigenvalue weighted by molar-refractivity contribution is -0.298. The highest BCUT2D eigenvalue weighted by atomic mass is 32.1. The van der Waals surface area contributed by atoms with Crippen molar-refractivity contribution >= 4 is 41.1 Å². The Kier molecular flexibility index (Phi) is 10.4. The minimum absolute atomic E-state index is 0.0561. The van der Waals surface area contributed by atoms with Crippen molar-refractivity contribution in [3.63, 3.8) is 0 Å². The van der Waals surface area contributed by atoms with Crippen LogP contribution in [0.3, 0.4) is 0 Å². The SMILES string of the molecule is CC(=O)OC1OC(c2ccc(C)c(Cc3ccc(-c4ccc(C(=O)NC5CC5)cc4)s3)c2)C(OC(C)=O)C(OC(C)=O)C1OC(C)=O. The van der Waals surface area contributed by atoms with Crippen LogP contribution in [0.1, 0.15) is 78.6 Å². The maximum atomic E-state index is 12.4. The van der Waals surface area contributed by atoms with Crippen LogP contribution >= 0.6 is 11.3 Å². The summed E-state index contributed by atoms with van der Waals surface area (Å²) in [5.74, 6) is -2.91. The molecule has 2 aliphatic rings. The predicted molar refractivity (Wildman–Crippen MR) is 170 cm³/mol. The molecule has 5 unspecified atom stereocenters. The quantitative estimate of drug-likeness (QED) is 0.234. The number of ether oxygens (including phenoxy) is 5. The van der Waals surface area contributed by atoms with Crippen LogP contribution in [-0.4, -0.2) is 60.4 Å². The molecule has 2 aromatic carbocycles. The molecule has 5 rings (SSSR count). The van der Waals surface area contributed by atoms with E-state index in [-0.39, 0.29) is 5.91 Å². The summed E-state index contributed by atoms with van der Waals surface area (Å²) in [6.45, 7) is 6.66. The Morgan fingerprint density at radius 3 is 2.00 bits per heavy atom. The van der Waals surface area contributed by atoms with Crippen LogP contribution in [0, 0.1) is 6.92 Å². The van der Waals surface area contributed by atoms with E-state index in [1.807, 2.05) is 49.4 Å². The number of carbonyl (C=O) groups is 5. The van der Waals surface area contributed by atoms with Crippen molar-refractivity contribution in [2.45, 2.75) is 90.6 Å². The zero-order valence-corrected chi connectivity index (χ0v) is 27.6. The van der Waals surface area contributed by atoms with Gasteiger partial charge in [-0.2, -0.15) is 0 Å². The molecule has 1 N–H and O–H groups in total. The predicted octanol–water partition coefficient (Wildman–Crippen LogP) is 4.96. The third-order valence-electron chi connectivity index (χ3n) is 7.76. The van der Waals surface area contributed by atoms with Crippen LogP contribution in [0.5, 0.6) is 0 Å². The number of benzene rings is 2. The van der Waals surface area contributed by atoms with Crippen LogP contribution in [0.4, 0.5) is 0 Å². The fourth-order valence-corrected chi connectivity index (χ4v) is 6.49. The molecule has 1 aliphatic heterocycles. The highest BCUT2D eigenvalue weighted by Gasteiger charge is 2.53. The molecule has 3 aromatic rings. The van der Waals surface area contributed by atoms with E-state index in [4.69, 9.17) is 23.7 Å². The number of thiophene rings is 1. The molecule has 1 saturated carbocycles. The van der Waals surface area contributed by atoms with Gasteiger partial charge in [0.25, 0.3) is 5.91 Å². The number of amides is 1. The van der Waals surface area contributed by atoms with Gasteiger partial charge in [0, 0.05) is 55.5 Å². The first kappa shape index (κ1) is 33.8. The van der Waals surface area contributed by atoms with Gasteiger partial charge in [-0.25, -0.2) is 0 Å². The molecule has 248 valence electrons. The first-order valence-corrected chi connectivity index (χ1v) is 16.1. The molecule has 0 spiro atoms. The summed E-state index contributed by atoms with van der Waals surface area (Å²) >= 11 is 1.63. The number of hydrogen-bond acceptors (Lipinski definition) is 11. The third-order valence-corrected chi connectivity index (χ3v) is 8.89. The van der Waals surface area contributed by atoms with Gasteiger partial charge in [0.05, 0.1) is 0 Å². The normalized spacial score (nSPS) is 22.1. The molecule has 1 saturated heterocycles. The smallest absolute Gasteiger partial charge is 0.305 e. The summed E-state index contributed by atoms with van der Waals surface area (Å²) in [6.07, 6.45) is -3.81. The fourth-order valence-electron chi connectivity index (χ4n) is 5.46. The lowest BCUT2D eigenvalue weighted by atomic mass is 9.90. The van der Waals surface area contributed by atoms with Gasteiger partial charge in [-0.05, 0) is 66.3 Å². The van der Waals surface area contributed by atoms with Crippen molar-refractivity contribution in [2.75, 3.05) is 0 Å². The lowest BCUT2D eigenvalue weighted by Crippen LogP contribution is -2.59. The summed E-state index contributed by atoms with van der Waals surface area (Å²) in [5, 5.41) is 3.00. The number of aryl methyl sites for hydroxylation is 1. The monoisotopic (exact) mass is 663 g/mol. The molecular weight excluding hydrogens is 626 g/mol. The molecule has 47 heavy (non-hydrogen) atoms.